The number of hydrogen-bond acceptors (Lipinski definition) is 4. The Morgan fingerprint density at radius 2 is 2.14 bits per heavy atom. The van der Waals surface area contributed by atoms with Crippen molar-refractivity contribution < 1.29 is 19.0 Å². The minimum absolute atomic E-state index is 0.185. The first-order valence-corrected chi connectivity index (χ1v) is 6.79. The molecule has 0 bridgehead atoms. The Labute approximate surface area is 122 Å². The predicted molar refractivity (Wildman–Crippen MR) is 78.2 cm³/mol. The molecule has 0 spiro atoms. The summed E-state index contributed by atoms with van der Waals surface area (Å²) >= 11 is 0. The molecule has 2 N–H and O–H groups in total. The van der Waals surface area contributed by atoms with Crippen LogP contribution in [0.2, 0.25) is 0 Å². The number of hydrogen-bond donors (Lipinski definition) is 2. The monoisotopic (exact) mass is 287 g/mol. The molecule has 0 radical (unpaired) electrons. The third-order valence-corrected chi connectivity index (χ3v) is 3.10. The van der Waals surface area contributed by atoms with Crippen LogP contribution in [0.1, 0.15) is 5.76 Å². The number of aromatic amines is 1. The number of aliphatic hydroxyl groups excluding tert-OH is 1. The van der Waals surface area contributed by atoms with Crippen molar-refractivity contribution in [3.05, 3.63) is 54.6 Å². The fourth-order valence-electron chi connectivity index (χ4n) is 2.05. The molecular weight excluding hydrogens is 270 g/mol. The average molecular weight is 287 g/mol. The number of aliphatic hydroxyl groups is 1. The van der Waals surface area contributed by atoms with Crippen molar-refractivity contribution in [1.82, 2.24) is 4.98 Å². The Kier molecular flexibility index (Phi) is 4.23. The molecular formula is C16H17NO4. The van der Waals surface area contributed by atoms with Gasteiger partial charge in [0.1, 0.15) is 30.8 Å². The van der Waals surface area contributed by atoms with Crippen LogP contribution in [0, 0.1) is 0 Å². The molecule has 0 aliphatic rings. The van der Waals surface area contributed by atoms with Crippen molar-refractivity contribution in [3.8, 4) is 5.75 Å². The second-order valence-electron chi connectivity index (χ2n) is 4.79. The number of furan rings is 1. The van der Waals surface area contributed by atoms with Gasteiger partial charge < -0.3 is 24.0 Å². The van der Waals surface area contributed by atoms with Crippen LogP contribution in [0.4, 0.5) is 0 Å². The lowest BCUT2D eigenvalue weighted by atomic mass is 10.2. The van der Waals surface area contributed by atoms with Gasteiger partial charge in [-0.05, 0) is 35.7 Å². The molecule has 0 amide bonds. The second kappa shape index (κ2) is 6.47. The van der Waals surface area contributed by atoms with Gasteiger partial charge in [-0.2, -0.15) is 0 Å². The summed E-state index contributed by atoms with van der Waals surface area (Å²) in [5, 5.41) is 11.0. The maximum Gasteiger partial charge on any atom is 0.129 e. The van der Waals surface area contributed by atoms with Gasteiger partial charge in [0.25, 0.3) is 0 Å². The summed E-state index contributed by atoms with van der Waals surface area (Å²) in [4.78, 5) is 3.12. The van der Waals surface area contributed by atoms with Gasteiger partial charge in [-0.15, -0.1) is 0 Å². The van der Waals surface area contributed by atoms with Crippen LogP contribution in [0.25, 0.3) is 10.9 Å². The Bertz CT molecular complexity index is 674. The van der Waals surface area contributed by atoms with E-state index in [1.165, 1.54) is 0 Å². The second-order valence-corrected chi connectivity index (χ2v) is 4.79. The van der Waals surface area contributed by atoms with Gasteiger partial charge in [-0.25, -0.2) is 0 Å². The van der Waals surface area contributed by atoms with E-state index in [1.807, 2.05) is 36.5 Å². The zero-order valence-corrected chi connectivity index (χ0v) is 11.5. The van der Waals surface area contributed by atoms with Gasteiger partial charge in [0, 0.05) is 17.8 Å². The number of ether oxygens (including phenoxy) is 2. The first-order chi connectivity index (χ1) is 10.3. The summed E-state index contributed by atoms with van der Waals surface area (Å²) in [7, 11) is 0. The maximum atomic E-state index is 9.82. The summed E-state index contributed by atoms with van der Waals surface area (Å²) in [5.41, 5.74) is 1.01. The minimum atomic E-state index is -0.681. The van der Waals surface area contributed by atoms with E-state index in [0.717, 1.165) is 22.4 Å². The van der Waals surface area contributed by atoms with E-state index in [-0.39, 0.29) is 13.2 Å². The SMILES string of the molecule is OC(COCc1ccco1)COc1ccc2cc[nH]c2c1. The molecule has 0 saturated heterocycles. The molecule has 3 aromatic rings. The van der Waals surface area contributed by atoms with E-state index in [2.05, 4.69) is 4.98 Å². The van der Waals surface area contributed by atoms with Crippen LogP contribution >= 0.6 is 0 Å². The van der Waals surface area contributed by atoms with E-state index >= 15 is 0 Å². The minimum Gasteiger partial charge on any atom is -0.491 e. The number of benzene rings is 1. The Morgan fingerprint density at radius 1 is 1.19 bits per heavy atom. The molecule has 0 aliphatic carbocycles. The molecule has 5 heteroatoms. The van der Waals surface area contributed by atoms with E-state index in [1.54, 1.807) is 12.3 Å². The molecule has 5 nitrogen and oxygen atoms in total. The molecule has 21 heavy (non-hydrogen) atoms. The summed E-state index contributed by atoms with van der Waals surface area (Å²) in [6.07, 6.45) is 2.79. The highest BCUT2D eigenvalue weighted by Gasteiger charge is 2.07. The van der Waals surface area contributed by atoms with E-state index in [9.17, 15) is 5.11 Å². The van der Waals surface area contributed by atoms with Crippen molar-refractivity contribution >= 4 is 10.9 Å². The van der Waals surface area contributed by atoms with Crippen LogP contribution in [0.5, 0.6) is 5.75 Å². The Morgan fingerprint density at radius 3 is 3.00 bits per heavy atom. The zero-order chi connectivity index (χ0) is 14.5. The molecule has 0 fully saturated rings. The standard InChI is InChI=1S/C16H17NO4/c18-13(9-19-11-15-2-1-7-20-15)10-21-14-4-3-12-5-6-17-16(12)8-14/h1-8,13,17-18H,9-11H2. The lowest BCUT2D eigenvalue weighted by molar-refractivity contribution is 0.000899. The van der Waals surface area contributed by atoms with Gasteiger partial charge in [-0.3, -0.25) is 0 Å². The highest BCUT2D eigenvalue weighted by atomic mass is 16.5. The highest BCUT2D eigenvalue weighted by Crippen LogP contribution is 2.19. The number of H-pyrrole nitrogens is 1. The van der Waals surface area contributed by atoms with Crippen molar-refractivity contribution in [3.63, 3.8) is 0 Å². The number of aromatic nitrogens is 1. The van der Waals surface area contributed by atoms with Crippen LogP contribution in [-0.2, 0) is 11.3 Å². The fourth-order valence-corrected chi connectivity index (χ4v) is 2.05. The quantitative estimate of drug-likeness (QED) is 0.701. The molecule has 2 heterocycles. The van der Waals surface area contributed by atoms with Crippen LogP contribution in [0.15, 0.2) is 53.3 Å². The van der Waals surface area contributed by atoms with Crippen LogP contribution < -0.4 is 4.74 Å². The summed E-state index contributed by atoms with van der Waals surface area (Å²) in [5.74, 6) is 1.45. The molecule has 1 aromatic carbocycles. The zero-order valence-electron chi connectivity index (χ0n) is 11.5. The van der Waals surface area contributed by atoms with Gasteiger partial charge in [0.15, 0.2) is 0 Å². The first-order valence-electron chi connectivity index (χ1n) is 6.79. The van der Waals surface area contributed by atoms with Crippen LogP contribution in [0.3, 0.4) is 0 Å². The summed E-state index contributed by atoms with van der Waals surface area (Å²) in [6, 6.07) is 11.4. The smallest absolute Gasteiger partial charge is 0.129 e. The third kappa shape index (κ3) is 3.65. The number of rotatable bonds is 7. The number of nitrogens with one attached hydrogen (secondary N) is 1. The first kappa shape index (κ1) is 13.7. The lowest BCUT2D eigenvalue weighted by Crippen LogP contribution is -2.23. The van der Waals surface area contributed by atoms with Gasteiger partial charge in [0.05, 0.1) is 12.9 Å². The Hall–Kier alpha value is -2.24. The number of fused-ring (bicyclic) bond motifs is 1. The van der Waals surface area contributed by atoms with Gasteiger partial charge in [-0.1, -0.05) is 0 Å². The van der Waals surface area contributed by atoms with Crippen molar-refractivity contribution in [1.29, 1.82) is 0 Å². The van der Waals surface area contributed by atoms with Gasteiger partial charge >= 0.3 is 0 Å². The topological polar surface area (TPSA) is 67.6 Å². The van der Waals surface area contributed by atoms with Crippen molar-refractivity contribution in [2.75, 3.05) is 13.2 Å². The highest BCUT2D eigenvalue weighted by molar-refractivity contribution is 5.80. The van der Waals surface area contributed by atoms with Gasteiger partial charge in [0.2, 0.25) is 0 Å². The average Bonchev–Trinajstić information content (AvgIpc) is 3.15. The Balaban J connectivity index is 1.43. The van der Waals surface area contributed by atoms with Crippen LogP contribution in [-0.4, -0.2) is 29.4 Å². The molecule has 110 valence electrons. The largest absolute Gasteiger partial charge is 0.491 e. The molecule has 1 unspecified atom stereocenters. The third-order valence-electron chi connectivity index (χ3n) is 3.10. The molecule has 2 aromatic heterocycles. The van der Waals surface area contributed by atoms with Crippen molar-refractivity contribution in [2.24, 2.45) is 0 Å². The lowest BCUT2D eigenvalue weighted by Gasteiger charge is -2.12. The maximum absolute atomic E-state index is 9.82. The molecule has 0 saturated carbocycles. The molecule has 3 rings (SSSR count). The fraction of sp³-hybridized carbons (Fsp3) is 0.250. The normalized spacial score (nSPS) is 12.6. The predicted octanol–water partition coefficient (Wildman–Crippen LogP) is 2.72. The van der Waals surface area contributed by atoms with E-state index in [0.29, 0.717) is 6.61 Å². The summed E-state index contributed by atoms with van der Waals surface area (Å²) in [6.45, 7) is 0.730. The summed E-state index contributed by atoms with van der Waals surface area (Å²) < 4.78 is 16.1. The molecule has 0 aliphatic heterocycles. The van der Waals surface area contributed by atoms with E-state index < -0.39 is 6.10 Å². The van der Waals surface area contributed by atoms with Crippen molar-refractivity contribution in [2.45, 2.75) is 12.7 Å². The van der Waals surface area contributed by atoms with E-state index in [4.69, 9.17) is 13.9 Å². The molecule has 1 atom stereocenters.